The molecule has 0 bridgehead atoms. The van der Waals surface area contributed by atoms with E-state index < -0.39 is 0 Å². The van der Waals surface area contributed by atoms with Crippen LogP contribution in [0.4, 0.5) is 0 Å². The largest absolute Gasteiger partial charge is 0.497 e. The fourth-order valence-corrected chi connectivity index (χ4v) is 2.58. The van der Waals surface area contributed by atoms with E-state index in [1.807, 2.05) is 42.5 Å². The van der Waals surface area contributed by atoms with Gasteiger partial charge in [-0.2, -0.15) is 0 Å². The van der Waals surface area contributed by atoms with Gasteiger partial charge in [-0.15, -0.1) is 0 Å². The Morgan fingerprint density at radius 3 is 2.33 bits per heavy atom. The summed E-state index contributed by atoms with van der Waals surface area (Å²) >= 11 is 0. The molecule has 4 rings (SSSR count). The summed E-state index contributed by atoms with van der Waals surface area (Å²) in [5, 5.41) is 7.59. The summed E-state index contributed by atoms with van der Waals surface area (Å²) < 4.78 is 10.7. The van der Waals surface area contributed by atoms with Gasteiger partial charge in [-0.1, -0.05) is 29.4 Å². The van der Waals surface area contributed by atoms with Gasteiger partial charge in [0.2, 0.25) is 0 Å². The highest BCUT2D eigenvalue weighted by atomic mass is 16.5. The van der Waals surface area contributed by atoms with E-state index in [9.17, 15) is 0 Å². The summed E-state index contributed by atoms with van der Waals surface area (Å²) in [5.41, 5.74) is 2.68. The molecule has 0 amide bonds. The minimum absolute atomic E-state index is 0.805. The summed E-state index contributed by atoms with van der Waals surface area (Å²) in [6.07, 6.45) is 0. The van der Waals surface area contributed by atoms with Crippen molar-refractivity contribution in [2.75, 3.05) is 7.11 Å². The molecule has 0 aliphatic rings. The first kappa shape index (κ1) is 12.0. The molecule has 0 spiro atoms. The van der Waals surface area contributed by atoms with Crippen molar-refractivity contribution in [1.29, 1.82) is 0 Å². The maximum Gasteiger partial charge on any atom is 0.168 e. The zero-order valence-corrected chi connectivity index (χ0v) is 11.5. The summed E-state index contributed by atoms with van der Waals surface area (Å²) in [6.45, 7) is 0. The monoisotopic (exact) mass is 275 g/mol. The molecule has 0 saturated carbocycles. The fourth-order valence-electron chi connectivity index (χ4n) is 2.58. The number of fused-ring (bicyclic) bond motifs is 2. The van der Waals surface area contributed by atoms with Crippen LogP contribution in [0.5, 0.6) is 5.75 Å². The molecule has 102 valence electrons. The van der Waals surface area contributed by atoms with Gasteiger partial charge in [0.1, 0.15) is 11.4 Å². The lowest BCUT2D eigenvalue weighted by atomic mass is 10.0. The van der Waals surface area contributed by atoms with Crippen LogP contribution in [-0.4, -0.2) is 12.3 Å². The predicted octanol–water partition coefficient (Wildman–Crippen LogP) is 4.66. The van der Waals surface area contributed by atoms with E-state index in [-0.39, 0.29) is 0 Å². The first-order valence-electron chi connectivity index (χ1n) is 6.78. The highest BCUT2D eigenvalue weighted by Crippen LogP contribution is 2.31. The predicted molar refractivity (Wildman–Crippen MR) is 83.5 cm³/mol. The summed E-state index contributed by atoms with van der Waals surface area (Å²) in [4.78, 5) is 0. The lowest BCUT2D eigenvalue weighted by Crippen LogP contribution is -1.83. The van der Waals surface area contributed by atoms with E-state index in [1.54, 1.807) is 7.11 Å². The highest BCUT2D eigenvalue weighted by Gasteiger charge is 2.11. The van der Waals surface area contributed by atoms with Crippen molar-refractivity contribution in [2.45, 2.75) is 0 Å². The molecule has 0 unspecified atom stereocenters. The molecule has 1 heterocycles. The molecule has 21 heavy (non-hydrogen) atoms. The number of rotatable bonds is 2. The number of aromatic nitrogens is 1. The number of benzene rings is 3. The molecular weight excluding hydrogens is 262 g/mol. The number of hydrogen-bond acceptors (Lipinski definition) is 3. The average molecular weight is 275 g/mol. The van der Waals surface area contributed by atoms with Crippen molar-refractivity contribution in [3.05, 3.63) is 60.7 Å². The Balaban J connectivity index is 1.93. The van der Waals surface area contributed by atoms with Crippen LogP contribution in [0.3, 0.4) is 0 Å². The standard InChI is InChI=1S/C18H13NO2/c1-20-15-8-6-12(7-9-15)18-16-10-13-4-2-3-5-14(13)11-17(16)21-19-18/h2-11H,1H3. The lowest BCUT2D eigenvalue weighted by molar-refractivity contribution is 0.415. The van der Waals surface area contributed by atoms with Crippen molar-refractivity contribution in [1.82, 2.24) is 5.16 Å². The number of nitrogens with zero attached hydrogens (tertiary/aromatic N) is 1. The second-order valence-electron chi connectivity index (χ2n) is 4.96. The Kier molecular flexibility index (Phi) is 2.64. The molecular formula is C18H13NO2. The van der Waals surface area contributed by atoms with Crippen LogP contribution < -0.4 is 4.74 Å². The fraction of sp³-hybridized carbons (Fsp3) is 0.0556. The molecule has 4 aromatic rings. The maximum atomic E-state index is 5.49. The summed E-state index contributed by atoms with van der Waals surface area (Å²) in [6, 6.07) is 20.2. The first-order chi connectivity index (χ1) is 10.3. The molecule has 0 fully saturated rings. The van der Waals surface area contributed by atoms with Gasteiger partial charge in [0.15, 0.2) is 5.58 Å². The minimum Gasteiger partial charge on any atom is -0.497 e. The van der Waals surface area contributed by atoms with Gasteiger partial charge in [0.25, 0.3) is 0 Å². The van der Waals surface area contributed by atoms with Crippen LogP contribution in [0.25, 0.3) is 33.0 Å². The van der Waals surface area contributed by atoms with Crippen LogP contribution in [-0.2, 0) is 0 Å². The van der Waals surface area contributed by atoms with Crippen LogP contribution in [0, 0.1) is 0 Å². The van der Waals surface area contributed by atoms with Gasteiger partial charge in [0, 0.05) is 5.56 Å². The molecule has 0 radical (unpaired) electrons. The van der Waals surface area contributed by atoms with E-state index in [2.05, 4.69) is 23.4 Å². The molecule has 3 heteroatoms. The maximum absolute atomic E-state index is 5.49. The van der Waals surface area contributed by atoms with Crippen molar-refractivity contribution in [2.24, 2.45) is 0 Å². The number of methoxy groups -OCH3 is 1. The SMILES string of the molecule is COc1ccc(-c2noc3cc4ccccc4cc23)cc1. The van der Waals surface area contributed by atoms with Gasteiger partial charge >= 0.3 is 0 Å². The molecule has 3 nitrogen and oxygen atoms in total. The Bertz CT molecular complexity index is 923. The van der Waals surface area contributed by atoms with Crippen molar-refractivity contribution < 1.29 is 9.26 Å². The third kappa shape index (κ3) is 1.94. The molecule has 0 saturated heterocycles. The van der Waals surface area contributed by atoms with Crippen LogP contribution in [0.15, 0.2) is 65.2 Å². The third-order valence-corrected chi connectivity index (χ3v) is 3.70. The minimum atomic E-state index is 0.805. The van der Waals surface area contributed by atoms with Crippen LogP contribution in [0.2, 0.25) is 0 Å². The Hall–Kier alpha value is -2.81. The molecule has 0 aliphatic heterocycles. The van der Waals surface area contributed by atoms with Crippen molar-refractivity contribution in [3.63, 3.8) is 0 Å². The number of hydrogen-bond donors (Lipinski definition) is 0. The molecule has 0 aliphatic carbocycles. The second-order valence-corrected chi connectivity index (χ2v) is 4.96. The summed E-state index contributed by atoms with van der Waals surface area (Å²) in [5.74, 6) is 0.831. The zero-order valence-electron chi connectivity index (χ0n) is 11.5. The van der Waals surface area contributed by atoms with Crippen LogP contribution >= 0.6 is 0 Å². The molecule has 0 atom stereocenters. The quantitative estimate of drug-likeness (QED) is 0.534. The molecule has 1 aromatic heterocycles. The van der Waals surface area contributed by atoms with Crippen LogP contribution in [0.1, 0.15) is 0 Å². The molecule has 3 aromatic carbocycles. The molecule has 0 N–H and O–H groups in total. The Labute approximate surface area is 121 Å². The van der Waals surface area contributed by atoms with E-state index >= 15 is 0 Å². The van der Waals surface area contributed by atoms with E-state index in [0.29, 0.717) is 0 Å². The van der Waals surface area contributed by atoms with Gasteiger partial charge in [-0.3, -0.25) is 0 Å². The highest BCUT2D eigenvalue weighted by molar-refractivity contribution is 6.01. The first-order valence-corrected chi connectivity index (χ1v) is 6.78. The zero-order chi connectivity index (χ0) is 14.2. The Morgan fingerprint density at radius 1 is 0.905 bits per heavy atom. The van der Waals surface area contributed by atoms with E-state index in [0.717, 1.165) is 33.4 Å². The topological polar surface area (TPSA) is 35.3 Å². The normalized spacial score (nSPS) is 11.1. The van der Waals surface area contributed by atoms with Gasteiger partial charge in [0.05, 0.1) is 12.5 Å². The average Bonchev–Trinajstić information content (AvgIpc) is 2.95. The van der Waals surface area contributed by atoms with E-state index in [4.69, 9.17) is 9.26 Å². The van der Waals surface area contributed by atoms with Crippen molar-refractivity contribution >= 4 is 21.7 Å². The summed E-state index contributed by atoms with van der Waals surface area (Å²) in [7, 11) is 1.66. The van der Waals surface area contributed by atoms with Gasteiger partial charge < -0.3 is 9.26 Å². The van der Waals surface area contributed by atoms with E-state index in [1.165, 1.54) is 5.39 Å². The third-order valence-electron chi connectivity index (χ3n) is 3.70. The van der Waals surface area contributed by atoms with Gasteiger partial charge in [-0.25, -0.2) is 0 Å². The smallest absolute Gasteiger partial charge is 0.168 e. The second kappa shape index (κ2) is 4.63. The number of ether oxygens (including phenoxy) is 1. The Morgan fingerprint density at radius 2 is 1.62 bits per heavy atom. The van der Waals surface area contributed by atoms with Gasteiger partial charge in [-0.05, 0) is 47.2 Å². The lowest BCUT2D eigenvalue weighted by Gasteiger charge is -2.01. The van der Waals surface area contributed by atoms with Crippen molar-refractivity contribution in [3.8, 4) is 17.0 Å².